The summed E-state index contributed by atoms with van der Waals surface area (Å²) in [7, 11) is 0. The van der Waals surface area contributed by atoms with Crippen molar-refractivity contribution < 1.29 is 29.1 Å². The summed E-state index contributed by atoms with van der Waals surface area (Å²) in [6.45, 7) is 14.2. The van der Waals surface area contributed by atoms with Crippen molar-refractivity contribution in [2.24, 2.45) is 23.5 Å². The molecule has 5 atom stereocenters. The quantitative estimate of drug-likeness (QED) is 0.190. The number of hydrogen-bond donors (Lipinski definition) is 6. The largest absolute Gasteiger partial charge is 0.480 e. The van der Waals surface area contributed by atoms with E-state index in [4.69, 9.17) is 5.73 Å². The molecule has 4 amide bonds. The number of nitrogens with two attached hydrogens (primary N) is 1. The summed E-state index contributed by atoms with van der Waals surface area (Å²) in [5.41, 5.74) is 5.52. The maximum atomic E-state index is 13.1. The molecule has 0 saturated carbocycles. The monoisotopic (exact) mass is 499 g/mol. The fourth-order valence-corrected chi connectivity index (χ4v) is 3.35. The molecule has 0 saturated heterocycles. The number of carboxylic acids is 1. The molecule has 0 radical (unpaired) electrons. The smallest absolute Gasteiger partial charge is 0.326 e. The van der Waals surface area contributed by atoms with Gasteiger partial charge in [-0.25, -0.2) is 4.79 Å². The predicted octanol–water partition coefficient (Wildman–Crippen LogP) is 0.516. The Kier molecular flexibility index (Phi) is 14.2. The fourth-order valence-electron chi connectivity index (χ4n) is 3.35. The van der Waals surface area contributed by atoms with E-state index in [-0.39, 0.29) is 30.6 Å². The Bertz CT molecular complexity index is 738. The highest BCUT2D eigenvalue weighted by Crippen LogP contribution is 2.11. The second kappa shape index (κ2) is 15.3. The van der Waals surface area contributed by atoms with Gasteiger partial charge in [0.05, 0.1) is 6.04 Å². The van der Waals surface area contributed by atoms with E-state index in [9.17, 15) is 29.1 Å². The molecular formula is C24H45N5O6. The average Bonchev–Trinajstić information content (AvgIpc) is 2.70. The Balaban J connectivity index is 5.55. The molecule has 0 aliphatic carbocycles. The normalized spacial score (nSPS) is 15.7. The van der Waals surface area contributed by atoms with Crippen molar-refractivity contribution in [3.05, 3.63) is 0 Å². The van der Waals surface area contributed by atoms with Crippen LogP contribution in [0.15, 0.2) is 0 Å². The van der Waals surface area contributed by atoms with Crippen LogP contribution in [0.1, 0.15) is 74.7 Å². The third kappa shape index (κ3) is 13.1. The van der Waals surface area contributed by atoms with Crippen LogP contribution in [0.3, 0.4) is 0 Å². The van der Waals surface area contributed by atoms with Gasteiger partial charge < -0.3 is 32.1 Å². The van der Waals surface area contributed by atoms with Gasteiger partial charge in [-0.2, -0.15) is 0 Å². The first kappa shape index (κ1) is 32.3. The molecule has 202 valence electrons. The lowest BCUT2D eigenvalue weighted by atomic mass is 9.99. The summed E-state index contributed by atoms with van der Waals surface area (Å²) in [6.07, 6.45) is 0.835. The first-order chi connectivity index (χ1) is 16.0. The second-order valence-corrected chi connectivity index (χ2v) is 10.4. The van der Waals surface area contributed by atoms with Gasteiger partial charge in [-0.05, 0) is 50.9 Å². The van der Waals surface area contributed by atoms with Gasteiger partial charge in [0.1, 0.15) is 24.2 Å². The van der Waals surface area contributed by atoms with Gasteiger partial charge in [-0.1, -0.05) is 41.5 Å². The van der Waals surface area contributed by atoms with Gasteiger partial charge in [0, 0.05) is 0 Å². The number of carbonyl (C=O) groups is 5. The molecule has 0 bridgehead atoms. The Labute approximate surface area is 208 Å². The molecule has 0 unspecified atom stereocenters. The topological polar surface area (TPSA) is 180 Å². The molecule has 0 heterocycles. The lowest BCUT2D eigenvalue weighted by molar-refractivity contribution is -0.143. The van der Waals surface area contributed by atoms with Crippen LogP contribution in [0.25, 0.3) is 0 Å². The lowest BCUT2D eigenvalue weighted by Crippen LogP contribution is -2.58. The molecule has 35 heavy (non-hydrogen) atoms. The van der Waals surface area contributed by atoms with Crippen LogP contribution in [-0.2, 0) is 24.0 Å². The van der Waals surface area contributed by atoms with E-state index in [0.717, 1.165) is 0 Å². The van der Waals surface area contributed by atoms with Gasteiger partial charge >= 0.3 is 5.97 Å². The molecule has 0 fully saturated rings. The van der Waals surface area contributed by atoms with E-state index < -0.39 is 59.8 Å². The van der Waals surface area contributed by atoms with Crippen LogP contribution in [0.2, 0.25) is 0 Å². The highest BCUT2D eigenvalue weighted by atomic mass is 16.4. The van der Waals surface area contributed by atoms with Crippen molar-refractivity contribution in [2.75, 3.05) is 0 Å². The third-order valence-corrected chi connectivity index (χ3v) is 5.17. The maximum absolute atomic E-state index is 13.1. The molecule has 11 heteroatoms. The average molecular weight is 500 g/mol. The number of rotatable bonds is 15. The molecule has 0 aromatic heterocycles. The molecule has 11 nitrogen and oxygen atoms in total. The van der Waals surface area contributed by atoms with E-state index in [0.29, 0.717) is 6.42 Å². The van der Waals surface area contributed by atoms with E-state index in [2.05, 4.69) is 21.3 Å². The Hall–Kier alpha value is -2.69. The number of hydrogen-bond acceptors (Lipinski definition) is 6. The molecule has 0 aromatic rings. The van der Waals surface area contributed by atoms with Crippen molar-refractivity contribution in [1.82, 2.24) is 21.3 Å². The van der Waals surface area contributed by atoms with Crippen LogP contribution in [0.5, 0.6) is 0 Å². The van der Waals surface area contributed by atoms with Gasteiger partial charge in [0.25, 0.3) is 0 Å². The Morgan fingerprint density at radius 1 is 0.571 bits per heavy atom. The summed E-state index contributed by atoms with van der Waals surface area (Å²) in [5, 5.41) is 19.8. The minimum Gasteiger partial charge on any atom is -0.480 e. The highest BCUT2D eigenvalue weighted by Gasteiger charge is 2.31. The van der Waals surface area contributed by atoms with Crippen molar-refractivity contribution in [3.8, 4) is 0 Å². The molecule has 0 aliphatic heterocycles. The zero-order valence-corrected chi connectivity index (χ0v) is 22.3. The minimum atomic E-state index is -1.14. The maximum Gasteiger partial charge on any atom is 0.326 e. The zero-order chi connectivity index (χ0) is 27.5. The van der Waals surface area contributed by atoms with Gasteiger partial charge in [0.2, 0.25) is 23.6 Å². The highest BCUT2D eigenvalue weighted by molar-refractivity contribution is 5.95. The van der Waals surface area contributed by atoms with E-state index in [1.165, 1.54) is 13.8 Å². The third-order valence-electron chi connectivity index (χ3n) is 5.17. The standard InChI is InChI=1S/C24H45N5O6/c1-12(2)9-17(27-21(31)16(8)26-20(30)15(7)25)22(32)28-18(10-13(3)4)23(33)29-19(24(34)35)11-14(5)6/h12-19H,9-11,25H2,1-8H3,(H,26,30)(H,27,31)(H,28,32)(H,29,33)(H,34,35)/t15-,16-,17-,18-,19-/m0/s1. The number of carbonyl (C=O) groups excluding carboxylic acids is 4. The van der Waals surface area contributed by atoms with Gasteiger partial charge in [0.15, 0.2) is 0 Å². The number of carboxylic acid groups (broad SMARTS) is 1. The van der Waals surface area contributed by atoms with Crippen molar-refractivity contribution >= 4 is 29.6 Å². The van der Waals surface area contributed by atoms with Gasteiger partial charge in [-0.3, -0.25) is 19.2 Å². The van der Waals surface area contributed by atoms with Crippen LogP contribution in [-0.4, -0.2) is 64.9 Å². The Morgan fingerprint density at radius 2 is 0.914 bits per heavy atom. The van der Waals surface area contributed by atoms with Gasteiger partial charge in [-0.15, -0.1) is 0 Å². The Morgan fingerprint density at radius 3 is 1.26 bits per heavy atom. The zero-order valence-electron chi connectivity index (χ0n) is 22.3. The van der Waals surface area contributed by atoms with Crippen molar-refractivity contribution in [1.29, 1.82) is 0 Å². The first-order valence-corrected chi connectivity index (χ1v) is 12.2. The van der Waals surface area contributed by atoms with E-state index in [1.54, 1.807) is 0 Å². The molecule has 7 N–H and O–H groups in total. The van der Waals surface area contributed by atoms with Crippen molar-refractivity contribution in [3.63, 3.8) is 0 Å². The molecule has 0 rings (SSSR count). The fraction of sp³-hybridized carbons (Fsp3) is 0.792. The number of aliphatic carboxylic acids is 1. The first-order valence-electron chi connectivity index (χ1n) is 12.2. The summed E-state index contributed by atoms with van der Waals surface area (Å²) < 4.78 is 0. The summed E-state index contributed by atoms with van der Waals surface area (Å²) >= 11 is 0. The van der Waals surface area contributed by atoms with Crippen molar-refractivity contribution in [2.45, 2.75) is 105 Å². The SMILES string of the molecule is CC(C)C[C@H](NC(=O)[C@H](CC(C)C)NC(=O)[C@H](CC(C)C)NC(=O)[C@H](C)NC(=O)[C@H](C)N)C(=O)O. The molecular weight excluding hydrogens is 454 g/mol. The van der Waals surface area contributed by atoms with E-state index >= 15 is 0 Å². The number of amides is 4. The molecule has 0 aliphatic rings. The van der Waals surface area contributed by atoms with Crippen LogP contribution in [0.4, 0.5) is 0 Å². The number of nitrogens with one attached hydrogen (secondary N) is 4. The molecule has 0 spiro atoms. The predicted molar refractivity (Wildman–Crippen MR) is 133 cm³/mol. The minimum absolute atomic E-state index is 0.0334. The van der Waals surface area contributed by atoms with Crippen LogP contribution < -0.4 is 27.0 Å². The molecule has 0 aromatic carbocycles. The summed E-state index contributed by atoms with van der Waals surface area (Å²) in [4.78, 5) is 62.1. The van der Waals surface area contributed by atoms with E-state index in [1.807, 2.05) is 41.5 Å². The summed E-state index contributed by atoms with van der Waals surface area (Å²) in [6, 6.07) is -4.71. The second-order valence-electron chi connectivity index (χ2n) is 10.4. The van der Waals surface area contributed by atoms with Crippen LogP contribution in [0, 0.1) is 17.8 Å². The lowest BCUT2D eigenvalue weighted by Gasteiger charge is -2.27. The summed E-state index contributed by atoms with van der Waals surface area (Å²) in [5.74, 6) is -3.24. The van der Waals surface area contributed by atoms with Crippen LogP contribution >= 0.6 is 0 Å².